The molecule has 0 bridgehead atoms. The van der Waals surface area contributed by atoms with Crippen molar-refractivity contribution in [3.8, 4) is 16.9 Å². The van der Waals surface area contributed by atoms with E-state index in [-0.39, 0.29) is 6.54 Å². The summed E-state index contributed by atoms with van der Waals surface area (Å²) in [4.78, 5) is 30.0. The number of hydrogen-bond acceptors (Lipinski definition) is 5. The second kappa shape index (κ2) is 7.61. The predicted molar refractivity (Wildman–Crippen MR) is 115 cm³/mol. The molecule has 0 unspecified atom stereocenters. The first-order valence-corrected chi connectivity index (χ1v) is 10.1. The molecular weight excluding hydrogens is 398 g/mol. The number of imidazole rings is 1. The van der Waals surface area contributed by atoms with Crippen molar-refractivity contribution in [3.05, 3.63) is 47.8 Å². The van der Waals surface area contributed by atoms with Crippen LogP contribution >= 0.6 is 0 Å². The molecule has 0 atom stereocenters. The zero-order valence-electron chi connectivity index (χ0n) is 18.0. The minimum atomic E-state index is -0.972. The third-order valence-corrected chi connectivity index (χ3v) is 5.04. The first kappa shape index (κ1) is 20.7. The van der Waals surface area contributed by atoms with Gasteiger partial charge in [0.25, 0.3) is 0 Å². The molecule has 1 amide bonds. The smallest absolute Gasteiger partial charge is 0.420 e. The molecule has 2 aromatic carbocycles. The molecule has 1 aliphatic heterocycles. The summed E-state index contributed by atoms with van der Waals surface area (Å²) in [7, 11) is 0. The zero-order chi connectivity index (χ0) is 22.3. The molecule has 0 spiro atoms. The van der Waals surface area contributed by atoms with E-state index in [1.807, 2.05) is 57.2 Å². The number of carbonyl (C=O) groups is 2. The summed E-state index contributed by atoms with van der Waals surface area (Å²) in [6.07, 6.45) is -1.45. The molecule has 0 radical (unpaired) electrons. The minimum Gasteiger partial charge on any atom is -0.491 e. The van der Waals surface area contributed by atoms with Crippen molar-refractivity contribution in [2.45, 2.75) is 39.8 Å². The van der Waals surface area contributed by atoms with Gasteiger partial charge < -0.3 is 19.5 Å². The topological polar surface area (TPSA) is 93.9 Å². The number of nitrogens with zero attached hydrogens (tertiary/aromatic N) is 3. The van der Waals surface area contributed by atoms with Crippen LogP contribution in [0.4, 0.5) is 9.59 Å². The van der Waals surface area contributed by atoms with Crippen molar-refractivity contribution in [3.63, 3.8) is 0 Å². The SMILES string of the molecule is Cc1nc2ccc(-c3ccc4c(c3)CN(C(=O)O)CCO4)cc2n1C(=O)OC(C)(C)C. The van der Waals surface area contributed by atoms with Crippen LogP contribution in [0.1, 0.15) is 32.2 Å². The fourth-order valence-corrected chi connectivity index (χ4v) is 3.65. The van der Waals surface area contributed by atoms with E-state index in [1.165, 1.54) is 9.47 Å². The fraction of sp³-hybridized carbons (Fsp3) is 0.348. The second-order valence-electron chi connectivity index (χ2n) is 8.55. The first-order chi connectivity index (χ1) is 14.6. The maximum absolute atomic E-state index is 12.8. The lowest BCUT2D eigenvalue weighted by atomic mass is 10.0. The van der Waals surface area contributed by atoms with Crippen molar-refractivity contribution in [1.82, 2.24) is 14.5 Å². The van der Waals surface area contributed by atoms with E-state index >= 15 is 0 Å². The van der Waals surface area contributed by atoms with Crippen LogP contribution in [-0.4, -0.2) is 50.5 Å². The van der Waals surface area contributed by atoms with Crippen molar-refractivity contribution in [2.75, 3.05) is 13.2 Å². The molecule has 3 aromatic rings. The van der Waals surface area contributed by atoms with Crippen LogP contribution in [0, 0.1) is 6.92 Å². The molecule has 31 heavy (non-hydrogen) atoms. The molecule has 8 nitrogen and oxygen atoms in total. The van der Waals surface area contributed by atoms with Crippen LogP contribution < -0.4 is 4.74 Å². The quantitative estimate of drug-likeness (QED) is 0.611. The van der Waals surface area contributed by atoms with Crippen LogP contribution in [0.5, 0.6) is 5.75 Å². The standard InChI is InChI=1S/C23H25N3O5/c1-14-24-18-7-5-16(12-19(18)26(14)22(29)31-23(2,3)4)15-6-8-20-17(11-15)13-25(21(27)28)9-10-30-20/h5-8,11-12H,9-10,13H2,1-4H3,(H,27,28). The van der Waals surface area contributed by atoms with Crippen LogP contribution in [0.15, 0.2) is 36.4 Å². The van der Waals surface area contributed by atoms with E-state index in [9.17, 15) is 14.7 Å². The van der Waals surface area contributed by atoms with Crippen molar-refractivity contribution >= 4 is 23.2 Å². The van der Waals surface area contributed by atoms with Crippen molar-refractivity contribution in [2.24, 2.45) is 0 Å². The van der Waals surface area contributed by atoms with E-state index in [1.54, 1.807) is 6.92 Å². The fourth-order valence-electron chi connectivity index (χ4n) is 3.65. The Morgan fingerprint density at radius 3 is 2.55 bits per heavy atom. The summed E-state index contributed by atoms with van der Waals surface area (Å²) < 4.78 is 12.7. The summed E-state index contributed by atoms with van der Waals surface area (Å²) in [5, 5.41) is 9.38. The number of aryl methyl sites for hydroxylation is 1. The molecular formula is C23H25N3O5. The molecule has 8 heteroatoms. The average molecular weight is 423 g/mol. The number of aromatic nitrogens is 2. The molecule has 0 fully saturated rings. The summed E-state index contributed by atoms with van der Waals surface area (Å²) in [5.74, 6) is 1.23. The third-order valence-electron chi connectivity index (χ3n) is 5.04. The Morgan fingerprint density at radius 1 is 1.13 bits per heavy atom. The van der Waals surface area contributed by atoms with E-state index in [0.29, 0.717) is 35.8 Å². The molecule has 0 saturated carbocycles. The molecule has 0 aliphatic carbocycles. The number of rotatable bonds is 1. The van der Waals surface area contributed by atoms with Crippen LogP contribution in [0.2, 0.25) is 0 Å². The monoisotopic (exact) mass is 423 g/mol. The molecule has 1 aromatic heterocycles. The summed E-state index contributed by atoms with van der Waals surface area (Å²) in [5.41, 5.74) is 3.31. The molecule has 0 saturated heterocycles. The highest BCUT2D eigenvalue weighted by atomic mass is 16.6. The van der Waals surface area contributed by atoms with E-state index in [2.05, 4.69) is 4.98 Å². The van der Waals surface area contributed by atoms with Gasteiger partial charge in [-0.2, -0.15) is 0 Å². The Balaban J connectivity index is 1.75. The summed E-state index contributed by atoms with van der Waals surface area (Å²) in [6, 6.07) is 11.4. The van der Waals surface area contributed by atoms with Gasteiger partial charge in [0, 0.05) is 5.56 Å². The average Bonchev–Trinajstić information content (AvgIpc) is 2.86. The lowest BCUT2D eigenvalue weighted by Crippen LogP contribution is -2.30. The summed E-state index contributed by atoms with van der Waals surface area (Å²) >= 11 is 0. The molecule has 2 heterocycles. The summed E-state index contributed by atoms with van der Waals surface area (Å²) in [6.45, 7) is 8.13. The number of benzene rings is 2. The Bertz CT molecular complexity index is 1180. The minimum absolute atomic E-state index is 0.260. The molecule has 1 N–H and O–H groups in total. The van der Waals surface area contributed by atoms with Crippen LogP contribution in [-0.2, 0) is 11.3 Å². The van der Waals surface area contributed by atoms with Gasteiger partial charge in [0.05, 0.1) is 24.1 Å². The second-order valence-corrected chi connectivity index (χ2v) is 8.55. The van der Waals surface area contributed by atoms with E-state index in [4.69, 9.17) is 9.47 Å². The van der Waals surface area contributed by atoms with Crippen LogP contribution in [0.3, 0.4) is 0 Å². The van der Waals surface area contributed by atoms with Crippen molar-refractivity contribution < 1.29 is 24.2 Å². The largest absolute Gasteiger partial charge is 0.491 e. The van der Waals surface area contributed by atoms with Gasteiger partial charge in [0.1, 0.15) is 23.8 Å². The van der Waals surface area contributed by atoms with E-state index in [0.717, 1.165) is 16.7 Å². The highest BCUT2D eigenvalue weighted by molar-refractivity contribution is 5.90. The zero-order valence-corrected chi connectivity index (χ0v) is 18.0. The molecule has 162 valence electrons. The Morgan fingerprint density at radius 2 is 1.84 bits per heavy atom. The van der Waals surface area contributed by atoms with Gasteiger partial charge in [-0.05, 0) is 63.1 Å². The number of carboxylic acid groups (broad SMARTS) is 1. The van der Waals surface area contributed by atoms with Gasteiger partial charge in [-0.3, -0.25) is 0 Å². The Hall–Kier alpha value is -3.55. The molecule has 4 rings (SSSR count). The van der Waals surface area contributed by atoms with Gasteiger partial charge in [0.2, 0.25) is 0 Å². The maximum Gasteiger partial charge on any atom is 0.420 e. The Kier molecular flexibility index (Phi) is 5.08. The number of amides is 1. The van der Waals surface area contributed by atoms with E-state index < -0.39 is 17.8 Å². The van der Waals surface area contributed by atoms with Gasteiger partial charge in [-0.15, -0.1) is 0 Å². The maximum atomic E-state index is 12.8. The number of carbonyl (C=O) groups excluding carboxylic acids is 1. The number of fused-ring (bicyclic) bond motifs is 2. The third kappa shape index (κ3) is 4.19. The van der Waals surface area contributed by atoms with Crippen LogP contribution in [0.25, 0.3) is 22.2 Å². The predicted octanol–water partition coefficient (Wildman–Crippen LogP) is 4.67. The normalized spacial score (nSPS) is 14.0. The molecule has 1 aliphatic rings. The Labute approximate surface area is 180 Å². The lowest BCUT2D eigenvalue weighted by molar-refractivity contribution is 0.0540. The lowest BCUT2D eigenvalue weighted by Gasteiger charge is -2.20. The number of hydrogen-bond donors (Lipinski definition) is 1. The highest BCUT2D eigenvalue weighted by Gasteiger charge is 2.23. The highest BCUT2D eigenvalue weighted by Crippen LogP contribution is 2.31. The van der Waals surface area contributed by atoms with Gasteiger partial charge >= 0.3 is 12.2 Å². The van der Waals surface area contributed by atoms with Gasteiger partial charge in [-0.1, -0.05) is 12.1 Å². The van der Waals surface area contributed by atoms with Crippen molar-refractivity contribution in [1.29, 1.82) is 0 Å². The first-order valence-electron chi connectivity index (χ1n) is 10.1. The van der Waals surface area contributed by atoms with Gasteiger partial charge in [-0.25, -0.2) is 19.1 Å². The van der Waals surface area contributed by atoms with Gasteiger partial charge in [0.15, 0.2) is 0 Å². The number of ether oxygens (including phenoxy) is 2.